The van der Waals surface area contributed by atoms with E-state index in [4.69, 9.17) is 30.5 Å². The van der Waals surface area contributed by atoms with Crippen molar-refractivity contribution in [2.75, 3.05) is 33.0 Å². The molecule has 2 aromatic carbocycles. The van der Waals surface area contributed by atoms with Crippen molar-refractivity contribution >= 4 is 23.5 Å². The van der Waals surface area contributed by atoms with E-state index in [1.807, 2.05) is 13.8 Å². The van der Waals surface area contributed by atoms with Crippen molar-refractivity contribution in [3.8, 4) is 17.2 Å². The van der Waals surface area contributed by atoms with Gasteiger partial charge in [0.1, 0.15) is 25.5 Å². The largest absolute Gasteiger partial charge is 0.490 e. The van der Waals surface area contributed by atoms with Crippen LogP contribution in [0.2, 0.25) is 5.02 Å². The van der Waals surface area contributed by atoms with Gasteiger partial charge in [-0.15, -0.1) is 0 Å². The SMILES string of the molecule is CCOc1ccc(C(=O)NCC(=O)OCCOc2ccccc2Cl)cc1OCC. The molecule has 0 radical (unpaired) electrons. The van der Waals surface area contributed by atoms with Gasteiger partial charge in [0.15, 0.2) is 11.5 Å². The number of esters is 1. The van der Waals surface area contributed by atoms with Gasteiger partial charge in [-0.3, -0.25) is 9.59 Å². The van der Waals surface area contributed by atoms with Crippen molar-refractivity contribution < 1.29 is 28.5 Å². The fraction of sp³-hybridized carbons (Fsp3) is 0.333. The molecule has 0 aliphatic carbocycles. The van der Waals surface area contributed by atoms with Crippen LogP contribution < -0.4 is 19.5 Å². The zero-order valence-corrected chi connectivity index (χ0v) is 17.2. The first-order chi connectivity index (χ1) is 14.0. The zero-order valence-electron chi connectivity index (χ0n) is 16.4. The van der Waals surface area contributed by atoms with Crippen LogP contribution in [0.4, 0.5) is 0 Å². The molecule has 0 bridgehead atoms. The van der Waals surface area contributed by atoms with Crippen LogP contribution >= 0.6 is 11.6 Å². The Morgan fingerprint density at radius 3 is 2.34 bits per heavy atom. The second-order valence-electron chi connectivity index (χ2n) is 5.71. The highest BCUT2D eigenvalue weighted by atomic mass is 35.5. The summed E-state index contributed by atoms with van der Waals surface area (Å²) in [6, 6.07) is 11.8. The highest BCUT2D eigenvalue weighted by Gasteiger charge is 2.13. The Morgan fingerprint density at radius 2 is 1.62 bits per heavy atom. The fourth-order valence-corrected chi connectivity index (χ4v) is 2.56. The first kappa shape index (κ1) is 22.4. The van der Waals surface area contributed by atoms with Crippen LogP contribution in [-0.2, 0) is 9.53 Å². The van der Waals surface area contributed by atoms with Gasteiger partial charge in [-0.25, -0.2) is 0 Å². The maximum Gasteiger partial charge on any atom is 0.325 e. The summed E-state index contributed by atoms with van der Waals surface area (Å²) in [6.45, 7) is 4.56. The molecule has 0 saturated carbocycles. The monoisotopic (exact) mass is 421 g/mol. The molecule has 0 aromatic heterocycles. The number of para-hydroxylation sites is 1. The number of benzene rings is 2. The lowest BCUT2D eigenvalue weighted by Crippen LogP contribution is -2.31. The lowest BCUT2D eigenvalue weighted by molar-refractivity contribution is -0.143. The number of nitrogens with one attached hydrogen (secondary N) is 1. The van der Waals surface area contributed by atoms with Gasteiger partial charge in [0.25, 0.3) is 5.91 Å². The Bertz CT molecular complexity index is 827. The van der Waals surface area contributed by atoms with E-state index in [0.29, 0.717) is 41.0 Å². The second-order valence-corrected chi connectivity index (χ2v) is 6.12. The molecule has 0 fully saturated rings. The van der Waals surface area contributed by atoms with Gasteiger partial charge in [0.2, 0.25) is 0 Å². The van der Waals surface area contributed by atoms with Crippen LogP contribution in [0.15, 0.2) is 42.5 Å². The summed E-state index contributed by atoms with van der Waals surface area (Å²) in [4.78, 5) is 24.1. The number of rotatable bonds is 11. The van der Waals surface area contributed by atoms with E-state index >= 15 is 0 Å². The summed E-state index contributed by atoms with van der Waals surface area (Å²) in [5.74, 6) is 0.555. The topological polar surface area (TPSA) is 83.1 Å². The van der Waals surface area contributed by atoms with Crippen LogP contribution in [0.3, 0.4) is 0 Å². The van der Waals surface area contributed by atoms with Crippen molar-refractivity contribution in [2.24, 2.45) is 0 Å². The summed E-state index contributed by atoms with van der Waals surface area (Å²) < 4.78 is 21.4. The first-order valence-electron chi connectivity index (χ1n) is 9.26. The molecule has 2 aromatic rings. The lowest BCUT2D eigenvalue weighted by atomic mass is 10.2. The van der Waals surface area contributed by atoms with E-state index in [-0.39, 0.29) is 19.8 Å². The van der Waals surface area contributed by atoms with Gasteiger partial charge in [0, 0.05) is 5.56 Å². The summed E-state index contributed by atoms with van der Waals surface area (Å²) >= 11 is 5.97. The molecule has 0 unspecified atom stereocenters. The van der Waals surface area contributed by atoms with E-state index in [1.54, 1.807) is 42.5 Å². The van der Waals surface area contributed by atoms with Crippen LogP contribution in [0.25, 0.3) is 0 Å². The summed E-state index contributed by atoms with van der Waals surface area (Å²) in [7, 11) is 0. The minimum Gasteiger partial charge on any atom is -0.490 e. The molecule has 0 saturated heterocycles. The van der Waals surface area contributed by atoms with E-state index in [0.717, 1.165) is 0 Å². The lowest BCUT2D eigenvalue weighted by Gasteiger charge is -2.12. The highest BCUT2D eigenvalue weighted by Crippen LogP contribution is 2.28. The average Bonchev–Trinajstić information content (AvgIpc) is 2.72. The minimum absolute atomic E-state index is 0.0392. The van der Waals surface area contributed by atoms with Crippen molar-refractivity contribution in [2.45, 2.75) is 13.8 Å². The molecule has 1 amide bonds. The molecule has 29 heavy (non-hydrogen) atoms. The van der Waals surface area contributed by atoms with Crippen LogP contribution in [0.5, 0.6) is 17.2 Å². The van der Waals surface area contributed by atoms with Crippen molar-refractivity contribution in [1.29, 1.82) is 0 Å². The molecule has 0 aliphatic heterocycles. The Labute approximate surface area is 174 Å². The molecule has 0 heterocycles. The fourth-order valence-electron chi connectivity index (χ4n) is 2.37. The van der Waals surface area contributed by atoms with E-state index in [1.165, 1.54) is 0 Å². The normalized spacial score (nSPS) is 10.2. The molecule has 156 valence electrons. The Kier molecular flexibility index (Phi) is 9.11. The van der Waals surface area contributed by atoms with Gasteiger partial charge in [-0.2, -0.15) is 0 Å². The predicted octanol–water partition coefficient (Wildman–Crippen LogP) is 3.49. The van der Waals surface area contributed by atoms with Gasteiger partial charge in [0.05, 0.1) is 18.2 Å². The molecule has 2 rings (SSSR count). The molecule has 0 atom stereocenters. The number of amides is 1. The van der Waals surface area contributed by atoms with E-state index in [2.05, 4.69) is 5.32 Å². The Hall–Kier alpha value is -2.93. The third kappa shape index (κ3) is 7.19. The van der Waals surface area contributed by atoms with Gasteiger partial charge < -0.3 is 24.3 Å². The smallest absolute Gasteiger partial charge is 0.325 e. The molecule has 8 heteroatoms. The molecule has 0 spiro atoms. The van der Waals surface area contributed by atoms with E-state index in [9.17, 15) is 9.59 Å². The number of hydrogen-bond acceptors (Lipinski definition) is 6. The number of halogens is 1. The Balaban J connectivity index is 1.77. The summed E-state index contributed by atoms with van der Waals surface area (Å²) in [5, 5.41) is 2.99. The van der Waals surface area contributed by atoms with Crippen molar-refractivity contribution in [1.82, 2.24) is 5.32 Å². The number of ether oxygens (including phenoxy) is 4. The first-order valence-corrected chi connectivity index (χ1v) is 9.63. The van der Waals surface area contributed by atoms with Gasteiger partial charge in [-0.1, -0.05) is 23.7 Å². The van der Waals surface area contributed by atoms with Crippen molar-refractivity contribution in [3.05, 3.63) is 53.1 Å². The van der Waals surface area contributed by atoms with Crippen LogP contribution in [-0.4, -0.2) is 44.8 Å². The zero-order chi connectivity index (χ0) is 21.1. The van der Waals surface area contributed by atoms with Crippen molar-refractivity contribution in [3.63, 3.8) is 0 Å². The third-order valence-electron chi connectivity index (χ3n) is 3.64. The third-order valence-corrected chi connectivity index (χ3v) is 3.95. The van der Waals surface area contributed by atoms with Gasteiger partial charge in [-0.05, 0) is 44.2 Å². The van der Waals surface area contributed by atoms with Gasteiger partial charge >= 0.3 is 5.97 Å². The molecular weight excluding hydrogens is 398 g/mol. The molecular formula is C21H24ClNO6. The number of carbonyl (C=O) groups excluding carboxylic acids is 2. The minimum atomic E-state index is -0.572. The highest BCUT2D eigenvalue weighted by molar-refractivity contribution is 6.32. The second kappa shape index (κ2) is 11.8. The molecule has 1 N–H and O–H groups in total. The summed E-state index contributed by atoms with van der Waals surface area (Å²) in [6.07, 6.45) is 0. The van der Waals surface area contributed by atoms with Crippen LogP contribution in [0.1, 0.15) is 24.2 Å². The molecule has 0 aliphatic rings. The molecule has 7 nitrogen and oxygen atoms in total. The quantitative estimate of drug-likeness (QED) is 0.441. The maximum absolute atomic E-state index is 12.3. The standard InChI is InChI=1S/C21H24ClNO6/c1-3-26-18-10-9-15(13-19(18)27-4-2)21(25)23-14-20(24)29-12-11-28-17-8-6-5-7-16(17)22/h5-10,13H,3-4,11-12,14H2,1-2H3,(H,23,25). The number of hydrogen-bond donors (Lipinski definition) is 1. The van der Waals surface area contributed by atoms with E-state index < -0.39 is 11.9 Å². The maximum atomic E-state index is 12.3. The predicted molar refractivity (Wildman–Crippen MR) is 109 cm³/mol. The Morgan fingerprint density at radius 1 is 0.897 bits per heavy atom. The number of carbonyl (C=O) groups is 2. The summed E-state index contributed by atoms with van der Waals surface area (Å²) in [5.41, 5.74) is 0.353. The average molecular weight is 422 g/mol. The van der Waals surface area contributed by atoms with Crippen LogP contribution in [0, 0.1) is 0 Å².